The predicted molar refractivity (Wildman–Crippen MR) is 109 cm³/mol. The zero-order chi connectivity index (χ0) is 20.2. The van der Waals surface area contributed by atoms with Crippen LogP contribution in [0.15, 0.2) is 0 Å². The van der Waals surface area contributed by atoms with Crippen LogP contribution in [0.1, 0.15) is 96.8 Å². The first kappa shape index (κ1) is 23.6. The quantitative estimate of drug-likeness (QED) is 0.367. The summed E-state index contributed by atoms with van der Waals surface area (Å²) in [6, 6.07) is -0.708. The number of hydrogen-bond acceptors (Lipinski definition) is 5. The van der Waals surface area contributed by atoms with Crippen molar-refractivity contribution in [3.05, 3.63) is 0 Å². The van der Waals surface area contributed by atoms with Gasteiger partial charge in [0.1, 0.15) is 18.3 Å². The van der Waals surface area contributed by atoms with Crippen LogP contribution in [-0.2, 0) is 14.3 Å². The molecule has 2 rings (SSSR count). The van der Waals surface area contributed by atoms with Crippen molar-refractivity contribution in [3.63, 3.8) is 0 Å². The van der Waals surface area contributed by atoms with Crippen molar-refractivity contribution in [1.29, 1.82) is 0 Å². The summed E-state index contributed by atoms with van der Waals surface area (Å²) < 4.78 is 10.6. The number of unbranched alkanes of at least 4 members (excludes halogenated alkanes) is 12. The fourth-order valence-electron chi connectivity index (χ4n) is 4.13. The molecule has 1 amide bonds. The van der Waals surface area contributed by atoms with Crippen LogP contribution in [0.25, 0.3) is 0 Å². The van der Waals surface area contributed by atoms with Crippen LogP contribution in [0.4, 0.5) is 0 Å². The van der Waals surface area contributed by atoms with Crippen molar-refractivity contribution in [2.24, 2.45) is 0 Å². The van der Waals surface area contributed by atoms with Crippen LogP contribution in [0, 0.1) is 0 Å². The Balaban J connectivity index is 1.41. The number of fused-ring (bicyclic) bond motifs is 2. The Hall–Kier alpha value is -0.690. The largest absolute Gasteiger partial charge is 0.388 e. The zero-order valence-corrected chi connectivity index (χ0v) is 17.6. The van der Waals surface area contributed by atoms with Gasteiger partial charge in [-0.05, 0) is 6.42 Å². The molecule has 2 heterocycles. The summed E-state index contributed by atoms with van der Waals surface area (Å²) in [5, 5.41) is 23.1. The Bertz CT molecular complexity index is 417. The van der Waals surface area contributed by atoms with E-state index < -0.39 is 30.6 Å². The molecule has 0 spiro atoms. The third-order valence-electron chi connectivity index (χ3n) is 5.96. The van der Waals surface area contributed by atoms with Gasteiger partial charge in [0.25, 0.3) is 0 Å². The third-order valence-corrected chi connectivity index (χ3v) is 5.96. The van der Waals surface area contributed by atoms with Gasteiger partial charge in [0.2, 0.25) is 5.91 Å². The molecule has 0 radical (unpaired) electrons. The first-order valence-corrected chi connectivity index (χ1v) is 11.6. The molecule has 2 bridgehead atoms. The van der Waals surface area contributed by atoms with Gasteiger partial charge in [0, 0.05) is 6.42 Å². The molecule has 2 saturated heterocycles. The lowest BCUT2D eigenvalue weighted by molar-refractivity contribution is -0.196. The van der Waals surface area contributed by atoms with E-state index >= 15 is 0 Å². The molecule has 0 aromatic carbocycles. The number of amides is 1. The van der Waals surface area contributed by atoms with E-state index in [1.807, 2.05) is 0 Å². The lowest BCUT2D eigenvalue weighted by Gasteiger charge is -2.36. The maximum atomic E-state index is 12.1. The molecular formula is C22H41NO5. The molecule has 28 heavy (non-hydrogen) atoms. The van der Waals surface area contributed by atoms with E-state index in [9.17, 15) is 15.0 Å². The molecule has 2 aliphatic rings. The Labute approximate surface area is 170 Å². The van der Waals surface area contributed by atoms with Gasteiger partial charge >= 0.3 is 0 Å². The van der Waals surface area contributed by atoms with Gasteiger partial charge in [0.15, 0.2) is 6.29 Å². The molecule has 164 valence electrons. The summed E-state index contributed by atoms with van der Waals surface area (Å²) in [5.41, 5.74) is 0. The lowest BCUT2D eigenvalue weighted by Crippen LogP contribution is -2.61. The molecule has 2 aliphatic heterocycles. The molecule has 6 nitrogen and oxygen atoms in total. The van der Waals surface area contributed by atoms with Gasteiger partial charge in [-0.15, -0.1) is 0 Å². The number of rotatable bonds is 15. The minimum Gasteiger partial charge on any atom is -0.388 e. The number of carbonyl (C=O) groups excluding carboxylic acids is 1. The van der Waals surface area contributed by atoms with Gasteiger partial charge in [-0.1, -0.05) is 84.0 Å². The van der Waals surface area contributed by atoms with E-state index in [4.69, 9.17) is 9.47 Å². The Morgan fingerprint density at radius 1 is 0.857 bits per heavy atom. The van der Waals surface area contributed by atoms with Crippen LogP contribution in [0.3, 0.4) is 0 Å². The van der Waals surface area contributed by atoms with E-state index in [2.05, 4.69) is 12.2 Å². The number of nitrogens with one attached hydrogen (secondary N) is 1. The Kier molecular flexibility index (Phi) is 11.4. The monoisotopic (exact) mass is 399 g/mol. The highest BCUT2D eigenvalue weighted by Crippen LogP contribution is 2.28. The van der Waals surface area contributed by atoms with E-state index in [0.717, 1.165) is 12.8 Å². The average Bonchev–Trinajstić information content (AvgIpc) is 3.15. The first-order chi connectivity index (χ1) is 13.6. The molecular weight excluding hydrogens is 358 g/mol. The molecule has 2 fully saturated rings. The van der Waals surface area contributed by atoms with Crippen LogP contribution >= 0.6 is 0 Å². The molecule has 3 N–H and O–H groups in total. The number of carbonyl (C=O) groups is 1. The molecule has 0 aliphatic carbocycles. The highest BCUT2D eigenvalue weighted by Gasteiger charge is 2.49. The molecule has 0 unspecified atom stereocenters. The predicted octanol–water partition coefficient (Wildman–Crippen LogP) is 3.43. The summed E-state index contributed by atoms with van der Waals surface area (Å²) in [7, 11) is 0. The second-order valence-electron chi connectivity index (χ2n) is 8.44. The van der Waals surface area contributed by atoms with E-state index in [0.29, 0.717) is 6.42 Å². The van der Waals surface area contributed by atoms with Gasteiger partial charge in [0.05, 0.1) is 12.6 Å². The lowest BCUT2D eigenvalue weighted by atomic mass is 9.97. The summed E-state index contributed by atoms with van der Waals surface area (Å²) in [4.78, 5) is 12.1. The van der Waals surface area contributed by atoms with Crippen molar-refractivity contribution in [3.8, 4) is 0 Å². The van der Waals surface area contributed by atoms with Crippen molar-refractivity contribution in [2.45, 2.75) is 127 Å². The zero-order valence-electron chi connectivity index (χ0n) is 17.6. The number of ether oxygens (including phenoxy) is 2. The van der Waals surface area contributed by atoms with Gasteiger partial charge in [-0.25, -0.2) is 0 Å². The SMILES string of the molecule is CCCCCCCCCCCCCCCC(=O)N[C@@H]1[C@@H](O)[C@H]2OC[C@@H](O2)[C@H]1O. The second kappa shape index (κ2) is 13.5. The first-order valence-electron chi connectivity index (χ1n) is 11.6. The fourth-order valence-corrected chi connectivity index (χ4v) is 4.13. The normalized spacial score (nSPS) is 29.2. The van der Waals surface area contributed by atoms with Crippen LogP contribution in [0.5, 0.6) is 0 Å². The summed E-state index contributed by atoms with van der Waals surface area (Å²) >= 11 is 0. The molecule has 0 aromatic rings. The van der Waals surface area contributed by atoms with Crippen LogP contribution < -0.4 is 5.32 Å². The smallest absolute Gasteiger partial charge is 0.220 e. The van der Waals surface area contributed by atoms with Crippen LogP contribution in [0.2, 0.25) is 0 Å². The summed E-state index contributed by atoms with van der Waals surface area (Å²) in [6.45, 7) is 2.51. The second-order valence-corrected chi connectivity index (χ2v) is 8.44. The standard InChI is InChI=1S/C22H41NO5/c1-2-3-4-5-6-7-8-9-10-11-12-13-14-15-18(24)23-19-20(25)17-16-27-22(28-17)21(19)26/h17,19-22,25-26H,2-16H2,1H3,(H,23,24)/t17-,19+,20-,21-,22+/m1/s1. The average molecular weight is 400 g/mol. The summed E-state index contributed by atoms with van der Waals surface area (Å²) in [6.07, 6.45) is 13.8. The van der Waals surface area contributed by atoms with E-state index in [-0.39, 0.29) is 12.5 Å². The van der Waals surface area contributed by atoms with E-state index in [1.165, 1.54) is 70.6 Å². The minimum atomic E-state index is -1.02. The molecule has 5 atom stereocenters. The van der Waals surface area contributed by atoms with Crippen molar-refractivity contribution in [1.82, 2.24) is 5.32 Å². The van der Waals surface area contributed by atoms with Gasteiger partial charge < -0.3 is 25.0 Å². The maximum absolute atomic E-state index is 12.1. The van der Waals surface area contributed by atoms with Gasteiger partial charge in [-0.2, -0.15) is 0 Å². The van der Waals surface area contributed by atoms with Crippen LogP contribution in [-0.4, -0.2) is 53.4 Å². The summed E-state index contributed by atoms with van der Waals surface area (Å²) in [5.74, 6) is -0.118. The van der Waals surface area contributed by atoms with Crippen molar-refractivity contribution < 1.29 is 24.5 Å². The Morgan fingerprint density at radius 3 is 1.96 bits per heavy atom. The highest BCUT2D eigenvalue weighted by atomic mass is 16.7. The number of aliphatic hydroxyl groups is 2. The van der Waals surface area contributed by atoms with Crippen molar-refractivity contribution >= 4 is 5.91 Å². The fraction of sp³-hybridized carbons (Fsp3) is 0.955. The molecule has 0 aromatic heterocycles. The molecule has 0 saturated carbocycles. The topological polar surface area (TPSA) is 88.0 Å². The maximum Gasteiger partial charge on any atom is 0.220 e. The van der Waals surface area contributed by atoms with Gasteiger partial charge in [-0.3, -0.25) is 4.79 Å². The molecule has 6 heteroatoms. The van der Waals surface area contributed by atoms with E-state index in [1.54, 1.807) is 0 Å². The Morgan fingerprint density at radius 2 is 1.39 bits per heavy atom. The minimum absolute atomic E-state index is 0.118. The number of aliphatic hydroxyl groups excluding tert-OH is 2. The third kappa shape index (κ3) is 7.97. The number of hydrogen-bond donors (Lipinski definition) is 3. The highest BCUT2D eigenvalue weighted by molar-refractivity contribution is 5.76. The van der Waals surface area contributed by atoms with Crippen molar-refractivity contribution in [2.75, 3.05) is 6.61 Å².